The smallest absolute Gasteiger partial charge is 0.200 e. The molecule has 0 spiro atoms. The number of aromatic nitrogens is 5. The molecule has 0 saturated heterocycles. The average molecular weight is 218 g/mol. The number of tetrazole rings is 1. The molecule has 1 aliphatic carbocycles. The van der Waals surface area contributed by atoms with Crippen LogP contribution >= 0.6 is 0 Å². The van der Waals surface area contributed by atoms with Gasteiger partial charge in [-0.1, -0.05) is 12.8 Å². The first-order valence-corrected chi connectivity index (χ1v) is 5.59. The predicted octanol–water partition coefficient (Wildman–Crippen LogP) is 1.26. The number of nitrogens with one attached hydrogen (secondary N) is 1. The van der Waals surface area contributed by atoms with Gasteiger partial charge >= 0.3 is 0 Å². The minimum absolute atomic E-state index is 0.175. The molecule has 16 heavy (non-hydrogen) atoms. The fraction of sp³-hybridized carbons (Fsp3) is 0.600. The molecule has 0 unspecified atom stereocenters. The summed E-state index contributed by atoms with van der Waals surface area (Å²) in [5, 5.41) is 19.0. The zero-order valence-electron chi connectivity index (χ0n) is 9.22. The molecule has 0 aromatic carbocycles. The molecule has 1 fully saturated rings. The average Bonchev–Trinajstić information content (AvgIpc) is 2.86. The van der Waals surface area contributed by atoms with Crippen LogP contribution in [-0.2, 0) is 0 Å². The maximum absolute atomic E-state index is 4.31. The van der Waals surface area contributed by atoms with Crippen molar-refractivity contribution >= 4 is 11.5 Å². The zero-order chi connectivity index (χ0) is 11.0. The molecule has 1 saturated carbocycles. The summed E-state index contributed by atoms with van der Waals surface area (Å²) in [4.78, 5) is 0. The van der Waals surface area contributed by atoms with E-state index in [-0.39, 0.29) is 5.54 Å². The van der Waals surface area contributed by atoms with Crippen LogP contribution in [0.3, 0.4) is 0 Å². The van der Waals surface area contributed by atoms with Crippen molar-refractivity contribution in [1.82, 2.24) is 25.3 Å². The lowest BCUT2D eigenvalue weighted by Crippen LogP contribution is -2.31. The van der Waals surface area contributed by atoms with E-state index in [1.165, 1.54) is 30.3 Å². The molecule has 6 nitrogen and oxygen atoms in total. The van der Waals surface area contributed by atoms with Crippen LogP contribution in [0.5, 0.6) is 0 Å². The molecule has 2 aromatic heterocycles. The molecule has 0 bridgehead atoms. The fourth-order valence-electron chi connectivity index (χ4n) is 2.31. The highest BCUT2D eigenvalue weighted by Gasteiger charge is 2.28. The summed E-state index contributed by atoms with van der Waals surface area (Å²) in [6, 6.07) is 3.79. The number of hydrogen-bond acceptors (Lipinski definition) is 5. The largest absolute Gasteiger partial charge is 0.363 e. The van der Waals surface area contributed by atoms with Gasteiger partial charge in [0.2, 0.25) is 0 Å². The van der Waals surface area contributed by atoms with E-state index < -0.39 is 0 Å². The highest BCUT2D eigenvalue weighted by Crippen LogP contribution is 2.31. The van der Waals surface area contributed by atoms with Gasteiger partial charge in [0.15, 0.2) is 5.65 Å². The van der Waals surface area contributed by atoms with E-state index in [9.17, 15) is 0 Å². The third-order valence-electron chi connectivity index (χ3n) is 3.21. The molecule has 2 aromatic rings. The number of nitrogens with zero attached hydrogens (tertiary/aromatic N) is 5. The van der Waals surface area contributed by atoms with Gasteiger partial charge in [-0.2, -0.15) is 0 Å². The molecular formula is C10H14N6. The fourth-order valence-corrected chi connectivity index (χ4v) is 2.31. The normalized spacial score (nSPS) is 19.1. The second-order valence-corrected chi connectivity index (χ2v) is 4.64. The van der Waals surface area contributed by atoms with Gasteiger partial charge in [0, 0.05) is 5.54 Å². The Morgan fingerprint density at radius 2 is 2.12 bits per heavy atom. The van der Waals surface area contributed by atoms with Crippen LogP contribution in [0.15, 0.2) is 12.1 Å². The number of anilines is 1. The van der Waals surface area contributed by atoms with Crippen LogP contribution < -0.4 is 5.32 Å². The quantitative estimate of drug-likeness (QED) is 0.822. The molecule has 1 aliphatic rings. The Balaban J connectivity index is 1.88. The highest BCUT2D eigenvalue weighted by molar-refractivity contribution is 5.43. The van der Waals surface area contributed by atoms with Gasteiger partial charge in [-0.3, -0.25) is 0 Å². The van der Waals surface area contributed by atoms with Crippen molar-refractivity contribution in [3.05, 3.63) is 12.1 Å². The van der Waals surface area contributed by atoms with Crippen LogP contribution in [0.1, 0.15) is 32.6 Å². The Hall–Kier alpha value is -1.72. The summed E-state index contributed by atoms with van der Waals surface area (Å²) >= 11 is 0. The first-order chi connectivity index (χ1) is 7.75. The maximum atomic E-state index is 4.31. The third-order valence-corrected chi connectivity index (χ3v) is 3.21. The first kappa shape index (κ1) is 9.50. The maximum Gasteiger partial charge on any atom is 0.200 e. The van der Waals surface area contributed by atoms with Gasteiger partial charge in [-0.05, 0) is 42.3 Å². The van der Waals surface area contributed by atoms with Crippen molar-refractivity contribution in [3.63, 3.8) is 0 Å². The number of hydrogen-bond donors (Lipinski definition) is 1. The van der Waals surface area contributed by atoms with Gasteiger partial charge in [0.25, 0.3) is 0 Å². The van der Waals surface area contributed by atoms with Gasteiger partial charge in [-0.15, -0.1) is 14.8 Å². The van der Waals surface area contributed by atoms with E-state index in [2.05, 4.69) is 32.9 Å². The lowest BCUT2D eigenvalue weighted by molar-refractivity contribution is 0.528. The van der Waals surface area contributed by atoms with E-state index in [1.54, 1.807) is 0 Å². The second kappa shape index (κ2) is 3.40. The van der Waals surface area contributed by atoms with Crippen LogP contribution in [0.2, 0.25) is 0 Å². The monoisotopic (exact) mass is 218 g/mol. The summed E-state index contributed by atoms with van der Waals surface area (Å²) < 4.78 is 1.45. The molecule has 2 heterocycles. The van der Waals surface area contributed by atoms with Crippen LogP contribution in [0.25, 0.3) is 5.65 Å². The van der Waals surface area contributed by atoms with Crippen LogP contribution in [-0.4, -0.2) is 30.8 Å². The number of fused-ring (bicyclic) bond motifs is 1. The van der Waals surface area contributed by atoms with E-state index >= 15 is 0 Å². The van der Waals surface area contributed by atoms with Crippen molar-refractivity contribution in [3.8, 4) is 0 Å². The van der Waals surface area contributed by atoms with Crippen LogP contribution in [0, 0.1) is 0 Å². The molecule has 0 aliphatic heterocycles. The van der Waals surface area contributed by atoms with Gasteiger partial charge in [0.1, 0.15) is 5.82 Å². The molecule has 84 valence electrons. The van der Waals surface area contributed by atoms with Gasteiger partial charge in [0.05, 0.1) is 0 Å². The summed E-state index contributed by atoms with van der Waals surface area (Å²) in [5.74, 6) is 0.837. The molecule has 0 amide bonds. The molecule has 6 heteroatoms. The van der Waals surface area contributed by atoms with Crippen molar-refractivity contribution in [2.45, 2.75) is 38.1 Å². The lowest BCUT2D eigenvalue weighted by atomic mass is 10.0. The Morgan fingerprint density at radius 3 is 2.94 bits per heavy atom. The summed E-state index contributed by atoms with van der Waals surface area (Å²) in [6.07, 6.45) is 4.97. The van der Waals surface area contributed by atoms with Gasteiger partial charge < -0.3 is 5.32 Å². The summed E-state index contributed by atoms with van der Waals surface area (Å²) in [7, 11) is 0. The first-order valence-electron chi connectivity index (χ1n) is 5.59. The molecule has 1 N–H and O–H groups in total. The SMILES string of the molecule is CC1(Nc2ccc3nnnn3n2)CCCC1. The Labute approximate surface area is 93.0 Å². The van der Waals surface area contributed by atoms with Crippen molar-refractivity contribution in [2.24, 2.45) is 0 Å². The molecule has 3 rings (SSSR count). The highest BCUT2D eigenvalue weighted by atomic mass is 15.6. The lowest BCUT2D eigenvalue weighted by Gasteiger charge is -2.25. The van der Waals surface area contributed by atoms with Crippen molar-refractivity contribution in [1.29, 1.82) is 0 Å². The molecule has 0 atom stereocenters. The van der Waals surface area contributed by atoms with Gasteiger partial charge in [-0.25, -0.2) is 0 Å². The van der Waals surface area contributed by atoms with E-state index in [0.717, 1.165) is 5.82 Å². The Kier molecular flexibility index (Phi) is 2.02. The third kappa shape index (κ3) is 1.60. The Morgan fingerprint density at radius 1 is 1.31 bits per heavy atom. The number of rotatable bonds is 2. The molecular weight excluding hydrogens is 204 g/mol. The standard InChI is InChI=1S/C10H14N6/c1-10(6-2-3-7-10)11-8-4-5-9-12-14-15-16(9)13-8/h4-5H,2-3,6-7H2,1H3,(H,11,13). The predicted molar refractivity (Wildman–Crippen MR) is 59.1 cm³/mol. The van der Waals surface area contributed by atoms with Crippen LogP contribution in [0.4, 0.5) is 5.82 Å². The summed E-state index contributed by atoms with van der Waals surface area (Å²) in [6.45, 7) is 2.24. The molecule has 0 radical (unpaired) electrons. The van der Waals surface area contributed by atoms with Crippen molar-refractivity contribution < 1.29 is 0 Å². The van der Waals surface area contributed by atoms with E-state index in [4.69, 9.17) is 0 Å². The second-order valence-electron chi connectivity index (χ2n) is 4.64. The summed E-state index contributed by atoms with van der Waals surface area (Å²) in [5.41, 5.74) is 0.844. The van der Waals surface area contributed by atoms with E-state index in [1.807, 2.05) is 12.1 Å². The topological polar surface area (TPSA) is 68.0 Å². The van der Waals surface area contributed by atoms with E-state index in [0.29, 0.717) is 5.65 Å². The van der Waals surface area contributed by atoms with Crippen molar-refractivity contribution in [2.75, 3.05) is 5.32 Å². The minimum Gasteiger partial charge on any atom is -0.363 e. The Bertz CT molecular complexity index is 499. The minimum atomic E-state index is 0.175. The zero-order valence-corrected chi connectivity index (χ0v) is 9.22.